The average molecular weight is 256 g/mol. The van der Waals surface area contributed by atoms with Crippen LogP contribution in [-0.2, 0) is 4.43 Å². The van der Waals surface area contributed by atoms with Crippen LogP contribution in [0.3, 0.4) is 0 Å². The Balaban J connectivity index is 2.34. The highest BCUT2D eigenvalue weighted by Crippen LogP contribution is 2.41. The van der Waals surface area contributed by atoms with E-state index in [9.17, 15) is 0 Å². The van der Waals surface area contributed by atoms with Crippen molar-refractivity contribution in [2.45, 2.75) is 65.1 Å². The van der Waals surface area contributed by atoms with Crippen LogP contribution in [0, 0.1) is 0 Å². The lowest BCUT2D eigenvalue weighted by molar-refractivity contribution is 0.164. The third-order valence-corrected chi connectivity index (χ3v) is 9.14. The topological polar surface area (TPSA) is 15.7 Å². The smallest absolute Gasteiger partial charge is 0.358 e. The highest BCUT2D eigenvalue weighted by atomic mass is 28.4. The molecule has 2 fully saturated rings. The number of rotatable bonds is 0. The third kappa shape index (κ3) is 2.20. The van der Waals surface area contributed by atoms with Gasteiger partial charge in [0.25, 0.3) is 0 Å². The van der Waals surface area contributed by atoms with Gasteiger partial charge < -0.3 is 4.43 Å². The van der Waals surface area contributed by atoms with E-state index in [2.05, 4.69) is 50.7 Å². The fraction of sp³-hybridized carbons (Fsp3) is 1.00. The van der Waals surface area contributed by atoms with Gasteiger partial charge in [-0.2, -0.15) is 0 Å². The van der Waals surface area contributed by atoms with Crippen molar-refractivity contribution < 1.29 is 4.43 Å². The van der Waals surface area contributed by atoms with E-state index in [0.717, 1.165) is 13.2 Å². The Kier molecular flexibility index (Phi) is 3.22. The molecule has 1 unspecified atom stereocenters. The molecule has 0 amide bonds. The standard InChI is InChI=1S/C13H28N2OSi/c1-12(2,3)14-8-7-11-17(14)15(9-10-16-17)13(4,5)6/h7-11H2,1-6H3. The van der Waals surface area contributed by atoms with Crippen LogP contribution in [0.25, 0.3) is 0 Å². The van der Waals surface area contributed by atoms with Crippen molar-refractivity contribution in [1.82, 2.24) is 9.13 Å². The minimum atomic E-state index is -1.83. The molecule has 0 N–H and O–H groups in total. The second-order valence-corrected chi connectivity index (χ2v) is 10.7. The Hall–Kier alpha value is 0.0969. The summed E-state index contributed by atoms with van der Waals surface area (Å²) in [6.07, 6.45) is 1.30. The van der Waals surface area contributed by atoms with Gasteiger partial charge in [-0.25, -0.2) is 0 Å². The number of hydrogen-bond donors (Lipinski definition) is 0. The molecule has 0 bridgehead atoms. The summed E-state index contributed by atoms with van der Waals surface area (Å²) in [4.78, 5) is 0. The van der Waals surface area contributed by atoms with Crippen LogP contribution in [0.15, 0.2) is 0 Å². The SMILES string of the molecule is CC(C)(C)N1CCC[Si]12OCCN2C(C)(C)C. The minimum Gasteiger partial charge on any atom is -0.390 e. The second kappa shape index (κ2) is 4.05. The molecule has 2 saturated heterocycles. The molecule has 0 aromatic carbocycles. The zero-order chi connectivity index (χ0) is 12.9. The van der Waals surface area contributed by atoms with Crippen molar-refractivity contribution in [2.24, 2.45) is 0 Å². The fourth-order valence-electron chi connectivity index (χ4n) is 3.48. The molecule has 0 aromatic heterocycles. The third-order valence-electron chi connectivity index (χ3n) is 4.00. The Bertz CT molecular complexity index is 263. The molecule has 2 aliphatic rings. The molecular weight excluding hydrogens is 228 g/mol. The average Bonchev–Trinajstić information content (AvgIpc) is 2.71. The van der Waals surface area contributed by atoms with Gasteiger partial charge in [-0.1, -0.05) is 0 Å². The van der Waals surface area contributed by atoms with E-state index in [1.807, 2.05) is 0 Å². The van der Waals surface area contributed by atoms with E-state index in [1.54, 1.807) is 0 Å². The molecule has 100 valence electrons. The maximum Gasteiger partial charge on any atom is 0.358 e. The van der Waals surface area contributed by atoms with Crippen LogP contribution >= 0.6 is 0 Å². The molecule has 2 heterocycles. The van der Waals surface area contributed by atoms with Gasteiger partial charge in [0.2, 0.25) is 0 Å². The second-order valence-electron chi connectivity index (χ2n) is 7.34. The van der Waals surface area contributed by atoms with Crippen molar-refractivity contribution in [3.05, 3.63) is 0 Å². The molecule has 1 spiro atoms. The van der Waals surface area contributed by atoms with E-state index >= 15 is 0 Å². The molecular formula is C13H28N2OSi. The van der Waals surface area contributed by atoms with Gasteiger partial charge in [-0.15, -0.1) is 0 Å². The van der Waals surface area contributed by atoms with E-state index in [1.165, 1.54) is 19.0 Å². The van der Waals surface area contributed by atoms with Crippen LogP contribution in [0.5, 0.6) is 0 Å². The summed E-state index contributed by atoms with van der Waals surface area (Å²) in [6.45, 7) is 17.2. The van der Waals surface area contributed by atoms with Crippen molar-refractivity contribution in [3.8, 4) is 0 Å². The molecule has 0 aromatic rings. The Morgan fingerprint density at radius 3 is 1.94 bits per heavy atom. The van der Waals surface area contributed by atoms with Crippen LogP contribution in [-0.4, -0.2) is 48.5 Å². The zero-order valence-corrected chi connectivity index (χ0v) is 13.3. The maximum absolute atomic E-state index is 6.37. The van der Waals surface area contributed by atoms with Gasteiger partial charge >= 0.3 is 8.64 Å². The molecule has 3 nitrogen and oxygen atoms in total. The normalized spacial score (nSPS) is 32.8. The maximum atomic E-state index is 6.37. The lowest BCUT2D eigenvalue weighted by atomic mass is 10.1. The highest BCUT2D eigenvalue weighted by Gasteiger charge is 2.59. The molecule has 17 heavy (non-hydrogen) atoms. The predicted molar refractivity (Wildman–Crippen MR) is 74.0 cm³/mol. The summed E-state index contributed by atoms with van der Waals surface area (Å²) in [5.41, 5.74) is 0.465. The van der Waals surface area contributed by atoms with Crippen molar-refractivity contribution >= 4 is 8.64 Å². The zero-order valence-electron chi connectivity index (χ0n) is 12.3. The highest BCUT2D eigenvalue weighted by molar-refractivity contribution is 6.69. The quantitative estimate of drug-likeness (QED) is 0.620. The van der Waals surface area contributed by atoms with Crippen molar-refractivity contribution in [3.63, 3.8) is 0 Å². The Morgan fingerprint density at radius 1 is 0.882 bits per heavy atom. The largest absolute Gasteiger partial charge is 0.390 e. The first-order valence-corrected chi connectivity index (χ1v) is 8.88. The van der Waals surface area contributed by atoms with E-state index in [0.29, 0.717) is 0 Å². The lowest BCUT2D eigenvalue weighted by Crippen LogP contribution is -2.69. The Morgan fingerprint density at radius 2 is 1.41 bits per heavy atom. The van der Waals surface area contributed by atoms with Crippen LogP contribution in [0.4, 0.5) is 0 Å². The van der Waals surface area contributed by atoms with Gasteiger partial charge in [0, 0.05) is 24.2 Å². The van der Waals surface area contributed by atoms with E-state index < -0.39 is 8.64 Å². The number of hydrogen-bond acceptors (Lipinski definition) is 3. The van der Waals surface area contributed by atoms with E-state index in [4.69, 9.17) is 4.43 Å². The molecule has 2 rings (SSSR count). The van der Waals surface area contributed by atoms with E-state index in [-0.39, 0.29) is 11.1 Å². The van der Waals surface area contributed by atoms with Crippen molar-refractivity contribution in [2.75, 3.05) is 19.7 Å². The monoisotopic (exact) mass is 256 g/mol. The first-order valence-electron chi connectivity index (χ1n) is 6.87. The van der Waals surface area contributed by atoms with Crippen LogP contribution < -0.4 is 0 Å². The summed E-state index contributed by atoms with van der Waals surface area (Å²) in [7, 11) is -1.83. The molecule has 0 radical (unpaired) electrons. The molecule has 1 atom stereocenters. The van der Waals surface area contributed by atoms with Gasteiger partial charge in [-0.3, -0.25) is 9.13 Å². The summed E-state index contributed by atoms with van der Waals surface area (Å²) in [5, 5.41) is 0. The minimum absolute atomic E-state index is 0.233. The molecule has 2 aliphatic heterocycles. The predicted octanol–water partition coefficient (Wildman–Crippen LogP) is 2.56. The summed E-state index contributed by atoms with van der Waals surface area (Å²) in [5.74, 6) is 0. The molecule has 0 aliphatic carbocycles. The molecule has 0 saturated carbocycles. The van der Waals surface area contributed by atoms with Crippen LogP contribution in [0.2, 0.25) is 6.04 Å². The van der Waals surface area contributed by atoms with Crippen molar-refractivity contribution in [1.29, 1.82) is 0 Å². The van der Waals surface area contributed by atoms with Crippen LogP contribution in [0.1, 0.15) is 48.0 Å². The number of nitrogens with zero attached hydrogens (tertiary/aromatic N) is 2. The first-order chi connectivity index (χ1) is 7.68. The van der Waals surface area contributed by atoms with Gasteiger partial charge in [-0.05, 0) is 60.6 Å². The summed E-state index contributed by atoms with van der Waals surface area (Å²) < 4.78 is 11.8. The molecule has 4 heteroatoms. The van der Waals surface area contributed by atoms with Gasteiger partial charge in [0.1, 0.15) is 0 Å². The summed E-state index contributed by atoms with van der Waals surface area (Å²) >= 11 is 0. The summed E-state index contributed by atoms with van der Waals surface area (Å²) in [6, 6.07) is 1.28. The van der Waals surface area contributed by atoms with Gasteiger partial charge in [0.05, 0.1) is 0 Å². The Labute approximate surface area is 107 Å². The lowest BCUT2D eigenvalue weighted by Gasteiger charge is -2.49. The first kappa shape index (κ1) is 13.5. The van der Waals surface area contributed by atoms with Gasteiger partial charge in [0.15, 0.2) is 0 Å². The fourth-order valence-corrected chi connectivity index (χ4v) is 8.85.